The minimum atomic E-state index is 0.310. The molecule has 2 aromatic carbocycles. The van der Waals surface area contributed by atoms with Crippen molar-refractivity contribution < 1.29 is 19.3 Å². The molecule has 1 N–H and O–H groups in total. The smallest absolute Gasteiger partial charge is 0.122 e. The molecule has 24 heavy (non-hydrogen) atoms. The summed E-state index contributed by atoms with van der Waals surface area (Å²) in [5, 5.41) is 9.54. The van der Waals surface area contributed by atoms with E-state index in [-0.39, 0.29) is 0 Å². The van der Waals surface area contributed by atoms with Crippen molar-refractivity contribution in [2.45, 2.75) is 12.2 Å². The van der Waals surface area contributed by atoms with E-state index in [2.05, 4.69) is 0 Å². The molecule has 0 amide bonds. The molecule has 2 heterocycles. The fourth-order valence-corrected chi connectivity index (χ4v) is 2.04. The summed E-state index contributed by atoms with van der Waals surface area (Å²) in [5.41, 5.74) is 1.96. The molecule has 0 saturated carbocycles. The Labute approximate surface area is 142 Å². The molecule has 0 radical (unpaired) electrons. The normalized spacial score (nSPS) is 21.2. The van der Waals surface area contributed by atoms with Crippen LogP contribution in [0.25, 0.3) is 12.2 Å². The Morgan fingerprint density at radius 1 is 0.875 bits per heavy atom. The number of rotatable bonds is 6. The minimum absolute atomic E-state index is 0.310. The summed E-state index contributed by atoms with van der Waals surface area (Å²) in [7, 11) is 0. The average molecular weight is 326 g/mol. The van der Waals surface area contributed by atoms with E-state index in [1.807, 2.05) is 60.7 Å². The molecule has 2 aliphatic rings. The molecule has 2 fully saturated rings. The highest BCUT2D eigenvalue weighted by molar-refractivity contribution is 5.72. The molecule has 4 rings (SSSR count). The van der Waals surface area contributed by atoms with Crippen LogP contribution in [-0.4, -0.2) is 43.7 Å². The number of aromatic hydroxyl groups is 1. The first-order valence-corrected chi connectivity index (χ1v) is 8.13. The zero-order chi connectivity index (χ0) is 16.6. The van der Waals surface area contributed by atoms with Crippen molar-refractivity contribution in [3.8, 4) is 5.75 Å². The Bertz CT molecular complexity index is 634. The minimum Gasteiger partial charge on any atom is -0.507 e. The molecular weight excluding hydrogens is 304 g/mol. The monoisotopic (exact) mass is 326 g/mol. The van der Waals surface area contributed by atoms with Gasteiger partial charge < -0.3 is 19.3 Å². The van der Waals surface area contributed by atoms with Gasteiger partial charge in [0.1, 0.15) is 18.0 Å². The van der Waals surface area contributed by atoms with Crippen LogP contribution in [0.3, 0.4) is 0 Å². The number of phenolic OH excluding ortho intramolecular Hbond substituents is 1. The van der Waals surface area contributed by atoms with Crippen molar-refractivity contribution in [2.24, 2.45) is 0 Å². The molecule has 2 unspecified atom stereocenters. The van der Waals surface area contributed by atoms with Crippen molar-refractivity contribution in [1.82, 2.24) is 0 Å². The topological polar surface area (TPSA) is 54.5 Å². The molecule has 2 saturated heterocycles. The van der Waals surface area contributed by atoms with E-state index in [1.54, 1.807) is 6.07 Å². The van der Waals surface area contributed by atoms with Gasteiger partial charge in [-0.05, 0) is 11.6 Å². The predicted molar refractivity (Wildman–Crippen MR) is 93.8 cm³/mol. The lowest BCUT2D eigenvalue weighted by Crippen LogP contribution is -2.06. The van der Waals surface area contributed by atoms with E-state index < -0.39 is 0 Å². The zero-order valence-electron chi connectivity index (χ0n) is 13.5. The number of benzene rings is 2. The summed E-state index contributed by atoms with van der Waals surface area (Å²) in [4.78, 5) is 0. The molecule has 2 aromatic rings. The second-order valence-corrected chi connectivity index (χ2v) is 5.75. The third-order valence-electron chi connectivity index (χ3n) is 3.60. The quantitative estimate of drug-likeness (QED) is 0.653. The Hall–Kier alpha value is -2.14. The van der Waals surface area contributed by atoms with Crippen molar-refractivity contribution in [3.63, 3.8) is 0 Å². The SMILES string of the molecule is C(OCC1CO1)C1CO1.Oc1ccccc1C=Cc1ccccc1. The number of ether oxygens (including phenoxy) is 3. The molecule has 4 nitrogen and oxygen atoms in total. The zero-order valence-corrected chi connectivity index (χ0v) is 13.5. The molecule has 0 spiro atoms. The third-order valence-corrected chi connectivity index (χ3v) is 3.60. The van der Waals surface area contributed by atoms with Gasteiger partial charge in [0.15, 0.2) is 0 Å². The molecule has 2 aliphatic heterocycles. The standard InChI is InChI=1S/C14H12O.C6H10O3/c15-14-9-5-4-8-13(14)11-10-12-6-2-1-3-7-12;1(5-3-8-5)7-2-6-4-9-6/h1-11,15H;5-6H,1-4H2. The fraction of sp³-hybridized carbons (Fsp3) is 0.300. The molecule has 4 heteroatoms. The van der Waals surface area contributed by atoms with Crippen LogP contribution >= 0.6 is 0 Å². The molecule has 2 atom stereocenters. The maximum absolute atomic E-state index is 9.54. The number of epoxide rings is 2. The first-order valence-electron chi connectivity index (χ1n) is 8.13. The van der Waals surface area contributed by atoms with Gasteiger partial charge in [0.2, 0.25) is 0 Å². The Balaban J connectivity index is 0.000000159. The van der Waals surface area contributed by atoms with Crippen molar-refractivity contribution in [1.29, 1.82) is 0 Å². The largest absolute Gasteiger partial charge is 0.507 e. The van der Waals surface area contributed by atoms with Gasteiger partial charge in [-0.15, -0.1) is 0 Å². The summed E-state index contributed by atoms with van der Waals surface area (Å²) < 4.78 is 15.1. The predicted octanol–water partition coefficient (Wildman–Crippen LogP) is 3.36. The molecule has 0 bridgehead atoms. The van der Waals surface area contributed by atoms with Gasteiger partial charge in [-0.1, -0.05) is 60.7 Å². The number of hydrogen-bond donors (Lipinski definition) is 1. The fourth-order valence-electron chi connectivity index (χ4n) is 2.04. The van der Waals surface area contributed by atoms with Crippen molar-refractivity contribution >= 4 is 12.2 Å². The van der Waals surface area contributed by atoms with Crippen LogP contribution in [0.5, 0.6) is 5.75 Å². The van der Waals surface area contributed by atoms with Gasteiger partial charge in [-0.3, -0.25) is 0 Å². The number of hydrogen-bond acceptors (Lipinski definition) is 4. The Morgan fingerprint density at radius 2 is 1.46 bits per heavy atom. The van der Waals surface area contributed by atoms with E-state index in [1.165, 1.54) is 0 Å². The van der Waals surface area contributed by atoms with E-state index >= 15 is 0 Å². The van der Waals surface area contributed by atoms with Crippen LogP contribution < -0.4 is 0 Å². The maximum atomic E-state index is 9.54. The van der Waals surface area contributed by atoms with E-state index in [0.717, 1.165) is 37.6 Å². The van der Waals surface area contributed by atoms with Crippen LogP contribution in [0.2, 0.25) is 0 Å². The summed E-state index contributed by atoms with van der Waals surface area (Å²) >= 11 is 0. The summed E-state index contributed by atoms with van der Waals surface area (Å²) in [5.74, 6) is 0.310. The van der Waals surface area contributed by atoms with E-state index in [4.69, 9.17) is 14.2 Å². The summed E-state index contributed by atoms with van der Waals surface area (Å²) in [6.45, 7) is 3.26. The first-order chi connectivity index (χ1) is 11.8. The van der Waals surface area contributed by atoms with Crippen LogP contribution in [0.1, 0.15) is 11.1 Å². The van der Waals surface area contributed by atoms with E-state index in [0.29, 0.717) is 18.0 Å². The van der Waals surface area contributed by atoms with E-state index in [9.17, 15) is 5.11 Å². The van der Waals surface area contributed by atoms with Gasteiger partial charge in [-0.2, -0.15) is 0 Å². The molecular formula is C20H22O4. The first kappa shape index (κ1) is 16.7. The third kappa shape index (κ3) is 6.16. The number of phenols is 1. The van der Waals surface area contributed by atoms with Crippen molar-refractivity contribution in [3.05, 3.63) is 65.7 Å². The lowest BCUT2D eigenvalue weighted by molar-refractivity contribution is 0.102. The average Bonchev–Trinajstić information content (AvgIpc) is 3.51. The summed E-state index contributed by atoms with van der Waals surface area (Å²) in [6.07, 6.45) is 4.67. The Kier molecular flexibility index (Phi) is 6.01. The van der Waals surface area contributed by atoms with Crippen LogP contribution in [0.15, 0.2) is 54.6 Å². The van der Waals surface area contributed by atoms with Crippen LogP contribution in [-0.2, 0) is 14.2 Å². The highest BCUT2D eigenvalue weighted by Gasteiger charge is 2.26. The number of para-hydroxylation sites is 1. The highest BCUT2D eigenvalue weighted by Crippen LogP contribution is 2.18. The molecule has 0 aromatic heterocycles. The van der Waals surface area contributed by atoms with Crippen molar-refractivity contribution in [2.75, 3.05) is 26.4 Å². The summed E-state index contributed by atoms with van der Waals surface area (Å²) in [6, 6.07) is 17.3. The van der Waals surface area contributed by atoms with Crippen LogP contribution in [0, 0.1) is 0 Å². The molecule has 0 aliphatic carbocycles. The van der Waals surface area contributed by atoms with Gasteiger partial charge in [0.05, 0.1) is 26.4 Å². The highest BCUT2D eigenvalue weighted by atomic mass is 16.6. The maximum Gasteiger partial charge on any atom is 0.122 e. The van der Waals surface area contributed by atoms with Gasteiger partial charge >= 0.3 is 0 Å². The van der Waals surface area contributed by atoms with Gasteiger partial charge in [0.25, 0.3) is 0 Å². The second kappa shape index (κ2) is 8.64. The Morgan fingerprint density at radius 3 is 2.04 bits per heavy atom. The lowest BCUT2D eigenvalue weighted by Gasteiger charge is -1.97. The van der Waals surface area contributed by atoms with Crippen LogP contribution in [0.4, 0.5) is 0 Å². The second-order valence-electron chi connectivity index (χ2n) is 5.75. The molecule has 126 valence electrons. The van der Waals surface area contributed by atoms with Gasteiger partial charge in [0, 0.05) is 5.56 Å². The lowest BCUT2D eigenvalue weighted by atomic mass is 10.1. The van der Waals surface area contributed by atoms with Gasteiger partial charge in [-0.25, -0.2) is 0 Å².